The van der Waals surface area contributed by atoms with Crippen molar-refractivity contribution in [3.05, 3.63) is 137 Å². The van der Waals surface area contributed by atoms with E-state index < -0.39 is 6.04 Å². The minimum atomic E-state index is -0.565. The van der Waals surface area contributed by atoms with E-state index in [0.717, 1.165) is 34.0 Å². The number of nitrogens with zero attached hydrogens (tertiary/aromatic N) is 4. The number of amides is 2. The Morgan fingerprint density at radius 2 is 1.74 bits per heavy atom. The lowest BCUT2D eigenvalue weighted by Gasteiger charge is -2.31. The summed E-state index contributed by atoms with van der Waals surface area (Å²) in [5.74, 6) is 0.127. The van der Waals surface area contributed by atoms with Gasteiger partial charge >= 0.3 is 6.03 Å². The molecule has 0 bridgehead atoms. The lowest BCUT2D eigenvalue weighted by molar-refractivity contribution is 0.180. The normalized spacial score (nSPS) is 14.5. The molecule has 2 aromatic heterocycles. The van der Waals surface area contributed by atoms with Gasteiger partial charge < -0.3 is 14.8 Å². The van der Waals surface area contributed by atoms with E-state index in [9.17, 15) is 13.6 Å². The molecule has 0 radical (unpaired) electrons. The zero-order valence-corrected chi connectivity index (χ0v) is 20.7. The molecule has 5 aromatic rings. The number of hydrogen-bond donors (Lipinski definition) is 1. The average Bonchev–Trinajstić information content (AvgIpc) is 3.49. The van der Waals surface area contributed by atoms with Gasteiger partial charge in [0.05, 0.1) is 29.7 Å². The van der Waals surface area contributed by atoms with Crippen LogP contribution in [-0.2, 0) is 13.1 Å². The van der Waals surface area contributed by atoms with Gasteiger partial charge in [0.15, 0.2) is 0 Å². The molecule has 1 aliphatic rings. The summed E-state index contributed by atoms with van der Waals surface area (Å²) in [6.07, 6.45) is 1.95. The Bertz CT molecular complexity index is 1610. The van der Waals surface area contributed by atoms with Gasteiger partial charge in [-0.1, -0.05) is 42.5 Å². The molecule has 1 N–H and O–H groups in total. The van der Waals surface area contributed by atoms with E-state index in [2.05, 4.69) is 5.32 Å². The molecule has 0 saturated carbocycles. The Kier molecular flexibility index (Phi) is 5.99. The molecule has 3 heterocycles. The number of rotatable bonds is 4. The van der Waals surface area contributed by atoms with Crippen molar-refractivity contribution in [3.8, 4) is 11.5 Å². The second kappa shape index (κ2) is 9.63. The van der Waals surface area contributed by atoms with E-state index in [0.29, 0.717) is 5.56 Å². The Morgan fingerprint density at radius 3 is 2.50 bits per heavy atom. The number of carbonyl (C=O) groups is 1. The van der Waals surface area contributed by atoms with Gasteiger partial charge in [-0.3, -0.25) is 0 Å². The van der Waals surface area contributed by atoms with Crippen LogP contribution < -0.4 is 5.32 Å². The highest BCUT2D eigenvalue weighted by atomic mass is 19.1. The van der Waals surface area contributed by atoms with Gasteiger partial charge in [-0.2, -0.15) is 5.10 Å². The second-order valence-electron chi connectivity index (χ2n) is 9.31. The topological polar surface area (TPSA) is 55.1 Å². The van der Waals surface area contributed by atoms with Crippen LogP contribution >= 0.6 is 0 Å². The molecule has 0 spiro atoms. The van der Waals surface area contributed by atoms with Gasteiger partial charge in [0.2, 0.25) is 0 Å². The van der Waals surface area contributed by atoms with E-state index in [4.69, 9.17) is 5.10 Å². The molecule has 1 atom stereocenters. The van der Waals surface area contributed by atoms with E-state index in [-0.39, 0.29) is 30.8 Å². The van der Waals surface area contributed by atoms with Crippen molar-refractivity contribution in [1.82, 2.24) is 24.6 Å². The van der Waals surface area contributed by atoms with E-state index in [1.165, 1.54) is 24.3 Å². The van der Waals surface area contributed by atoms with Crippen molar-refractivity contribution >= 4 is 6.03 Å². The third kappa shape index (κ3) is 4.24. The van der Waals surface area contributed by atoms with Crippen molar-refractivity contribution in [3.63, 3.8) is 0 Å². The lowest BCUT2D eigenvalue weighted by atomic mass is 10.0. The number of urea groups is 1. The fourth-order valence-electron chi connectivity index (χ4n) is 5.06. The number of nitrogens with one attached hydrogen (secondary N) is 1. The molecule has 0 unspecified atom stereocenters. The van der Waals surface area contributed by atoms with Crippen LogP contribution in [0.15, 0.2) is 97.2 Å². The number of halogens is 2. The molecule has 6 nitrogen and oxygen atoms in total. The fraction of sp³-hybridized carbons (Fsp3) is 0.133. The van der Waals surface area contributed by atoms with Crippen molar-refractivity contribution in [2.75, 3.05) is 0 Å². The molecule has 0 fully saturated rings. The molecule has 2 amide bonds. The maximum absolute atomic E-state index is 14.4. The van der Waals surface area contributed by atoms with Crippen molar-refractivity contribution in [2.24, 2.45) is 0 Å². The Morgan fingerprint density at radius 1 is 0.947 bits per heavy atom. The number of aryl methyl sites for hydroxylation is 1. The summed E-state index contributed by atoms with van der Waals surface area (Å²) in [6, 6.07) is 25.2. The summed E-state index contributed by atoms with van der Waals surface area (Å²) in [5.41, 5.74) is 4.82. The monoisotopic (exact) mass is 509 g/mol. The summed E-state index contributed by atoms with van der Waals surface area (Å²) in [4.78, 5) is 15.5. The highest BCUT2D eigenvalue weighted by Crippen LogP contribution is 2.38. The second-order valence-corrected chi connectivity index (χ2v) is 9.31. The standard InChI is InChI=1S/C30H25F2N5O/c1-20-26-19-36(30(38)33-18-21-12-14-23(31)15-13-21)28(22-7-5-8-24(32)17-22)27-11-6-16-35(27)29(26)37(34-20)25-9-3-2-4-10-25/h2-17,28H,18-19H2,1H3,(H,33,38)/t28-/m0/s1. The van der Waals surface area contributed by atoms with Crippen molar-refractivity contribution < 1.29 is 13.6 Å². The number of aromatic nitrogens is 3. The van der Waals surface area contributed by atoms with Gasteiger partial charge in [0.1, 0.15) is 17.5 Å². The fourth-order valence-corrected chi connectivity index (χ4v) is 5.06. The summed E-state index contributed by atoms with van der Waals surface area (Å²) in [6.45, 7) is 2.41. The Balaban J connectivity index is 1.47. The molecule has 6 rings (SSSR count). The predicted molar refractivity (Wildman–Crippen MR) is 140 cm³/mol. The zero-order chi connectivity index (χ0) is 26.2. The first-order valence-corrected chi connectivity index (χ1v) is 12.4. The highest BCUT2D eigenvalue weighted by molar-refractivity contribution is 5.76. The predicted octanol–water partition coefficient (Wildman–Crippen LogP) is 6.06. The van der Waals surface area contributed by atoms with Crippen LogP contribution in [0.5, 0.6) is 0 Å². The maximum atomic E-state index is 14.4. The Hall–Kier alpha value is -4.72. The van der Waals surface area contributed by atoms with Crippen LogP contribution in [0.3, 0.4) is 0 Å². The number of fused-ring (bicyclic) bond motifs is 3. The summed E-state index contributed by atoms with van der Waals surface area (Å²) >= 11 is 0. The van der Waals surface area contributed by atoms with E-state index >= 15 is 0 Å². The first kappa shape index (κ1) is 23.7. The molecule has 38 heavy (non-hydrogen) atoms. The van der Waals surface area contributed by atoms with Gasteiger partial charge in [-0.15, -0.1) is 0 Å². The molecule has 3 aromatic carbocycles. The molecule has 0 aliphatic carbocycles. The van der Waals surface area contributed by atoms with Crippen molar-refractivity contribution in [1.29, 1.82) is 0 Å². The first-order valence-electron chi connectivity index (χ1n) is 12.4. The van der Waals surface area contributed by atoms with E-state index in [1.807, 2.05) is 70.9 Å². The third-order valence-corrected chi connectivity index (χ3v) is 6.87. The Labute approximate surface area is 218 Å². The van der Waals surface area contributed by atoms with Crippen LogP contribution in [0.4, 0.5) is 13.6 Å². The summed E-state index contributed by atoms with van der Waals surface area (Å²) < 4.78 is 31.7. The summed E-state index contributed by atoms with van der Waals surface area (Å²) in [5, 5.41) is 7.81. The zero-order valence-electron chi connectivity index (χ0n) is 20.7. The van der Waals surface area contributed by atoms with Gasteiger partial charge in [-0.05, 0) is 66.6 Å². The molecular weight excluding hydrogens is 484 g/mol. The molecule has 1 aliphatic heterocycles. The number of hydrogen-bond acceptors (Lipinski definition) is 2. The van der Waals surface area contributed by atoms with Crippen LogP contribution in [0.25, 0.3) is 11.5 Å². The van der Waals surface area contributed by atoms with E-state index in [1.54, 1.807) is 23.1 Å². The minimum Gasteiger partial charge on any atom is -0.334 e. The van der Waals surface area contributed by atoms with Crippen LogP contribution in [0, 0.1) is 18.6 Å². The first-order chi connectivity index (χ1) is 18.5. The van der Waals surface area contributed by atoms with Crippen molar-refractivity contribution in [2.45, 2.75) is 26.1 Å². The maximum Gasteiger partial charge on any atom is 0.318 e. The van der Waals surface area contributed by atoms with Crippen LogP contribution in [0.1, 0.15) is 34.1 Å². The van der Waals surface area contributed by atoms with Gasteiger partial charge in [-0.25, -0.2) is 18.3 Å². The number of para-hydroxylation sites is 1. The summed E-state index contributed by atoms with van der Waals surface area (Å²) in [7, 11) is 0. The van der Waals surface area contributed by atoms with Crippen LogP contribution in [0.2, 0.25) is 0 Å². The third-order valence-electron chi connectivity index (χ3n) is 6.87. The SMILES string of the molecule is Cc1nn(-c2ccccc2)c2c1CN(C(=O)NCc1ccc(F)cc1)[C@@H](c1cccc(F)c1)c1cccn1-2. The quantitative estimate of drug-likeness (QED) is 0.320. The minimum absolute atomic E-state index is 0.224. The number of benzene rings is 3. The van der Waals surface area contributed by atoms with Gasteiger partial charge in [0, 0.05) is 18.3 Å². The average molecular weight is 510 g/mol. The molecular formula is C30H25F2N5O. The smallest absolute Gasteiger partial charge is 0.318 e. The largest absolute Gasteiger partial charge is 0.334 e. The molecule has 8 heteroatoms. The number of carbonyl (C=O) groups excluding carboxylic acids is 1. The van der Waals surface area contributed by atoms with Crippen LogP contribution in [-0.4, -0.2) is 25.3 Å². The molecule has 190 valence electrons. The highest BCUT2D eigenvalue weighted by Gasteiger charge is 2.36. The lowest BCUT2D eigenvalue weighted by Crippen LogP contribution is -2.41. The van der Waals surface area contributed by atoms with Gasteiger partial charge in [0.25, 0.3) is 0 Å². The molecule has 0 saturated heterocycles.